The van der Waals surface area contributed by atoms with Crippen molar-refractivity contribution in [1.29, 1.82) is 0 Å². The summed E-state index contributed by atoms with van der Waals surface area (Å²) < 4.78 is 18.8. The van der Waals surface area contributed by atoms with Crippen LogP contribution < -0.4 is 9.47 Å². The molecule has 0 amide bonds. The molecular weight excluding hydrogens is 430 g/mol. The van der Waals surface area contributed by atoms with Gasteiger partial charge in [-0.05, 0) is 43.2 Å². The van der Waals surface area contributed by atoms with Gasteiger partial charge in [0.1, 0.15) is 11.3 Å². The summed E-state index contributed by atoms with van der Waals surface area (Å²) in [5, 5.41) is 0. The molecule has 4 aromatic rings. The summed E-state index contributed by atoms with van der Waals surface area (Å²) in [6, 6.07) is 17.0. The lowest BCUT2D eigenvalue weighted by molar-refractivity contribution is -0.149. The molecule has 0 fully saturated rings. The van der Waals surface area contributed by atoms with Crippen molar-refractivity contribution in [3.05, 3.63) is 82.8 Å². The first-order chi connectivity index (χ1) is 16.4. The van der Waals surface area contributed by atoms with E-state index in [4.69, 9.17) is 24.2 Å². The summed E-state index contributed by atoms with van der Waals surface area (Å²) in [7, 11) is 2.93. The first-order valence-corrected chi connectivity index (χ1v) is 11.2. The number of methoxy groups -OCH3 is 2. The number of imidazole rings is 1. The Morgan fingerprint density at radius 1 is 1.00 bits per heavy atom. The highest BCUT2D eigenvalue weighted by Crippen LogP contribution is 2.33. The predicted molar refractivity (Wildman–Crippen MR) is 130 cm³/mol. The second-order valence-electron chi connectivity index (χ2n) is 8.14. The Labute approximate surface area is 199 Å². The van der Waals surface area contributed by atoms with E-state index in [0.717, 1.165) is 40.2 Å². The second kappa shape index (κ2) is 9.95. The number of fused-ring (bicyclic) bond motifs is 1. The summed E-state index contributed by atoms with van der Waals surface area (Å²) in [6.45, 7) is 6.74. The van der Waals surface area contributed by atoms with E-state index in [2.05, 4.69) is 24.5 Å². The average molecular weight is 460 g/mol. The van der Waals surface area contributed by atoms with E-state index < -0.39 is 12.1 Å². The molecule has 2 aromatic carbocycles. The molecule has 0 radical (unpaired) electrons. The van der Waals surface area contributed by atoms with E-state index in [1.54, 1.807) is 7.11 Å². The van der Waals surface area contributed by atoms with Crippen LogP contribution in [-0.4, -0.2) is 34.7 Å². The SMILES string of the molecule is CCc1nc2c(C)cc(C)nc2n1Cc1ccc(OC(C(=O)OC)c2ccccc2)c(OC)c1. The van der Waals surface area contributed by atoms with Gasteiger partial charge in [-0.25, -0.2) is 14.8 Å². The first kappa shape index (κ1) is 23.3. The van der Waals surface area contributed by atoms with Crippen LogP contribution in [0.5, 0.6) is 11.5 Å². The highest BCUT2D eigenvalue weighted by atomic mass is 16.6. The zero-order valence-corrected chi connectivity index (χ0v) is 20.2. The molecule has 0 aliphatic heterocycles. The summed E-state index contributed by atoms with van der Waals surface area (Å²) in [5.41, 5.74) is 5.60. The Bertz CT molecular complexity index is 1310. The Morgan fingerprint density at radius 2 is 1.76 bits per heavy atom. The standard InChI is InChI=1S/C27H29N3O4/c1-6-23-29-24-17(2)14-18(3)28-26(24)30(23)16-19-12-13-21(22(15-19)32-4)34-25(27(31)33-5)20-10-8-7-9-11-20/h7-15,25H,6,16H2,1-5H3. The number of ether oxygens (including phenoxy) is 3. The smallest absolute Gasteiger partial charge is 0.351 e. The Balaban J connectivity index is 1.68. The van der Waals surface area contributed by atoms with Crippen molar-refractivity contribution >= 4 is 17.1 Å². The first-order valence-electron chi connectivity index (χ1n) is 11.2. The lowest BCUT2D eigenvalue weighted by Crippen LogP contribution is -2.20. The quantitative estimate of drug-likeness (QED) is 0.347. The third kappa shape index (κ3) is 4.59. The van der Waals surface area contributed by atoms with E-state index >= 15 is 0 Å². The van der Waals surface area contributed by atoms with Crippen molar-refractivity contribution in [1.82, 2.24) is 14.5 Å². The number of hydrogen-bond donors (Lipinski definition) is 0. The normalized spacial score (nSPS) is 11.9. The highest BCUT2D eigenvalue weighted by molar-refractivity contribution is 5.77. The number of pyridine rings is 1. The van der Waals surface area contributed by atoms with Crippen molar-refractivity contribution in [2.24, 2.45) is 0 Å². The molecule has 0 spiro atoms. The summed E-state index contributed by atoms with van der Waals surface area (Å²) in [4.78, 5) is 22.0. The largest absolute Gasteiger partial charge is 0.493 e. The zero-order valence-electron chi connectivity index (χ0n) is 20.2. The molecule has 0 aliphatic carbocycles. The number of aryl methyl sites for hydroxylation is 3. The molecule has 0 aliphatic rings. The summed E-state index contributed by atoms with van der Waals surface area (Å²) >= 11 is 0. The molecule has 1 unspecified atom stereocenters. The van der Waals surface area contributed by atoms with E-state index in [1.807, 2.05) is 55.5 Å². The molecule has 176 valence electrons. The van der Waals surface area contributed by atoms with Gasteiger partial charge in [-0.1, -0.05) is 43.3 Å². The summed E-state index contributed by atoms with van der Waals surface area (Å²) in [5.74, 6) is 1.49. The molecule has 7 heteroatoms. The van der Waals surface area contributed by atoms with Gasteiger partial charge in [-0.3, -0.25) is 0 Å². The second-order valence-corrected chi connectivity index (χ2v) is 8.14. The predicted octanol–water partition coefficient (Wildman–Crippen LogP) is 4.96. The van der Waals surface area contributed by atoms with Crippen molar-refractivity contribution in [2.75, 3.05) is 14.2 Å². The molecule has 1 atom stereocenters. The van der Waals surface area contributed by atoms with Crippen LogP contribution in [0.2, 0.25) is 0 Å². The lowest BCUT2D eigenvalue weighted by atomic mass is 10.1. The number of benzene rings is 2. The van der Waals surface area contributed by atoms with Gasteiger partial charge in [0.25, 0.3) is 0 Å². The molecule has 2 aromatic heterocycles. The zero-order chi connectivity index (χ0) is 24.2. The fourth-order valence-electron chi connectivity index (χ4n) is 4.09. The van der Waals surface area contributed by atoms with Crippen LogP contribution in [-0.2, 0) is 22.5 Å². The van der Waals surface area contributed by atoms with Crippen molar-refractivity contribution in [3.63, 3.8) is 0 Å². The van der Waals surface area contributed by atoms with Gasteiger partial charge in [0.2, 0.25) is 6.10 Å². The minimum absolute atomic E-state index is 0.460. The maximum Gasteiger partial charge on any atom is 0.351 e. The fraction of sp³-hybridized carbons (Fsp3) is 0.296. The topological polar surface area (TPSA) is 75.5 Å². The monoisotopic (exact) mass is 459 g/mol. The Hall–Kier alpha value is -3.87. The molecule has 7 nitrogen and oxygen atoms in total. The van der Waals surface area contributed by atoms with E-state index in [9.17, 15) is 4.79 Å². The van der Waals surface area contributed by atoms with Gasteiger partial charge >= 0.3 is 5.97 Å². The van der Waals surface area contributed by atoms with Crippen LogP contribution in [0.4, 0.5) is 0 Å². The number of esters is 1. The van der Waals surface area contributed by atoms with Gasteiger partial charge in [-0.2, -0.15) is 0 Å². The molecular formula is C27H29N3O4. The van der Waals surface area contributed by atoms with Gasteiger partial charge in [0.15, 0.2) is 17.1 Å². The number of nitrogens with zero attached hydrogens (tertiary/aromatic N) is 3. The molecule has 0 bridgehead atoms. The molecule has 4 rings (SSSR count). The highest BCUT2D eigenvalue weighted by Gasteiger charge is 2.25. The minimum Gasteiger partial charge on any atom is -0.493 e. The van der Waals surface area contributed by atoms with Crippen LogP contribution in [0.3, 0.4) is 0 Å². The van der Waals surface area contributed by atoms with E-state index in [-0.39, 0.29) is 0 Å². The molecule has 0 saturated carbocycles. The van der Waals surface area contributed by atoms with Crippen molar-refractivity contribution in [3.8, 4) is 11.5 Å². The third-order valence-electron chi connectivity index (χ3n) is 5.75. The number of hydrogen-bond acceptors (Lipinski definition) is 6. The van der Waals surface area contributed by atoms with Crippen LogP contribution in [0.15, 0.2) is 54.6 Å². The van der Waals surface area contributed by atoms with Gasteiger partial charge in [0.05, 0.1) is 20.8 Å². The van der Waals surface area contributed by atoms with Crippen LogP contribution in [0, 0.1) is 13.8 Å². The van der Waals surface area contributed by atoms with E-state index in [0.29, 0.717) is 23.6 Å². The minimum atomic E-state index is -0.898. The average Bonchev–Trinajstić information content (AvgIpc) is 3.20. The molecule has 34 heavy (non-hydrogen) atoms. The Morgan fingerprint density at radius 3 is 2.44 bits per heavy atom. The molecule has 0 N–H and O–H groups in total. The lowest BCUT2D eigenvalue weighted by Gasteiger charge is -2.19. The fourth-order valence-corrected chi connectivity index (χ4v) is 4.09. The number of carbonyl (C=O) groups is 1. The van der Waals surface area contributed by atoms with Gasteiger partial charge in [0, 0.05) is 17.7 Å². The van der Waals surface area contributed by atoms with Gasteiger partial charge in [-0.15, -0.1) is 0 Å². The number of rotatable bonds is 8. The molecule has 2 heterocycles. The van der Waals surface area contributed by atoms with Gasteiger partial charge < -0.3 is 18.8 Å². The van der Waals surface area contributed by atoms with Crippen LogP contribution in [0.1, 0.15) is 41.2 Å². The van der Waals surface area contributed by atoms with Crippen molar-refractivity contribution in [2.45, 2.75) is 39.8 Å². The molecule has 0 saturated heterocycles. The Kier molecular flexibility index (Phi) is 6.82. The maximum atomic E-state index is 12.4. The van der Waals surface area contributed by atoms with Crippen LogP contribution in [0.25, 0.3) is 11.2 Å². The van der Waals surface area contributed by atoms with Crippen molar-refractivity contribution < 1.29 is 19.0 Å². The summed E-state index contributed by atoms with van der Waals surface area (Å²) in [6.07, 6.45) is -0.101. The van der Waals surface area contributed by atoms with Crippen LogP contribution >= 0.6 is 0 Å². The number of aromatic nitrogens is 3. The third-order valence-corrected chi connectivity index (χ3v) is 5.75. The van der Waals surface area contributed by atoms with E-state index in [1.165, 1.54) is 7.11 Å². The number of carbonyl (C=O) groups excluding carboxylic acids is 1. The maximum absolute atomic E-state index is 12.4.